The highest BCUT2D eigenvalue weighted by atomic mass is 32.2. The second-order valence-corrected chi connectivity index (χ2v) is 7.41. The van der Waals surface area contributed by atoms with Gasteiger partial charge in [-0.15, -0.1) is 0 Å². The van der Waals surface area contributed by atoms with Gasteiger partial charge in [-0.2, -0.15) is 21.6 Å². The molecule has 1 aromatic carbocycles. The van der Waals surface area contributed by atoms with Crippen LogP contribution < -0.4 is 13.7 Å². The zero-order chi connectivity index (χ0) is 19.8. The molecule has 1 aromatic heterocycles. The Labute approximate surface area is 153 Å². The van der Waals surface area contributed by atoms with Crippen molar-refractivity contribution in [2.75, 3.05) is 20.3 Å². The van der Waals surface area contributed by atoms with Crippen LogP contribution in [0.1, 0.15) is 12.1 Å². The molecular weight excluding hydrogens is 391 g/mol. The summed E-state index contributed by atoms with van der Waals surface area (Å²) in [6.07, 6.45) is 0.386. The van der Waals surface area contributed by atoms with Crippen LogP contribution in [-0.2, 0) is 14.9 Å². The molecule has 3 rings (SSSR count). The maximum absolute atomic E-state index is 12.7. The van der Waals surface area contributed by atoms with Gasteiger partial charge in [0.25, 0.3) is 0 Å². The number of alkyl halides is 3. The van der Waals surface area contributed by atoms with Gasteiger partial charge in [-0.25, -0.2) is 0 Å². The fourth-order valence-corrected chi connectivity index (χ4v) is 3.07. The third kappa shape index (κ3) is 4.03. The average Bonchev–Trinajstić information content (AvgIpc) is 3.06. The van der Waals surface area contributed by atoms with Crippen molar-refractivity contribution in [1.29, 1.82) is 0 Å². The first-order valence-electron chi connectivity index (χ1n) is 7.85. The molecule has 27 heavy (non-hydrogen) atoms. The number of benzene rings is 1. The second-order valence-electron chi connectivity index (χ2n) is 5.87. The Bertz CT molecular complexity index is 955. The molecule has 1 aliphatic heterocycles. The number of pyridine rings is 1. The summed E-state index contributed by atoms with van der Waals surface area (Å²) >= 11 is 0. The molecule has 0 spiro atoms. The number of halogens is 3. The average molecular weight is 407 g/mol. The third-order valence-electron chi connectivity index (χ3n) is 3.85. The van der Waals surface area contributed by atoms with E-state index in [-0.39, 0.29) is 28.5 Å². The van der Waals surface area contributed by atoms with Gasteiger partial charge in [0.2, 0.25) is 0 Å². The largest absolute Gasteiger partial charge is 0.534 e. The van der Waals surface area contributed by atoms with Gasteiger partial charge < -0.3 is 18.4 Å². The fourth-order valence-electron chi connectivity index (χ4n) is 2.60. The van der Waals surface area contributed by atoms with Gasteiger partial charge in [0.1, 0.15) is 6.10 Å². The van der Waals surface area contributed by atoms with Gasteiger partial charge in [0.15, 0.2) is 17.2 Å². The third-order valence-corrected chi connectivity index (χ3v) is 4.81. The van der Waals surface area contributed by atoms with Crippen LogP contribution in [0.5, 0.6) is 17.2 Å². The van der Waals surface area contributed by atoms with Crippen molar-refractivity contribution in [2.45, 2.75) is 25.0 Å². The van der Waals surface area contributed by atoms with Crippen molar-refractivity contribution in [3.05, 3.63) is 23.9 Å². The minimum atomic E-state index is -5.83. The molecule has 2 heterocycles. The van der Waals surface area contributed by atoms with Gasteiger partial charge in [0.05, 0.1) is 25.8 Å². The summed E-state index contributed by atoms with van der Waals surface area (Å²) in [5, 5.41) is 0.0446. The monoisotopic (exact) mass is 407 g/mol. The summed E-state index contributed by atoms with van der Waals surface area (Å²) in [5.41, 5.74) is -5.08. The highest BCUT2D eigenvalue weighted by Crippen LogP contribution is 2.38. The van der Waals surface area contributed by atoms with E-state index in [1.807, 2.05) is 0 Å². The van der Waals surface area contributed by atoms with Gasteiger partial charge in [0, 0.05) is 29.6 Å². The van der Waals surface area contributed by atoms with E-state index < -0.39 is 21.4 Å². The highest BCUT2D eigenvalue weighted by Gasteiger charge is 2.48. The molecule has 148 valence electrons. The summed E-state index contributed by atoms with van der Waals surface area (Å²) < 4.78 is 81.6. The number of nitrogens with zero attached hydrogens (tertiary/aromatic N) is 1. The molecule has 0 saturated carbocycles. The van der Waals surface area contributed by atoms with E-state index in [2.05, 4.69) is 9.17 Å². The molecule has 1 fully saturated rings. The van der Waals surface area contributed by atoms with Crippen molar-refractivity contribution >= 4 is 21.0 Å². The predicted molar refractivity (Wildman–Crippen MR) is 88.5 cm³/mol. The van der Waals surface area contributed by atoms with E-state index in [9.17, 15) is 21.6 Å². The first kappa shape index (κ1) is 19.5. The predicted octanol–water partition coefficient (Wildman–Crippen LogP) is 2.95. The quantitative estimate of drug-likeness (QED) is 0.557. The number of methoxy groups -OCH3 is 1. The lowest BCUT2D eigenvalue weighted by molar-refractivity contribution is -0.0499. The summed E-state index contributed by atoms with van der Waals surface area (Å²) in [5.74, 6) is 0.0301. The van der Waals surface area contributed by atoms with Crippen molar-refractivity contribution in [2.24, 2.45) is 0 Å². The fraction of sp³-hybridized carbons (Fsp3) is 0.438. The Balaban J connectivity index is 2.10. The van der Waals surface area contributed by atoms with Crippen LogP contribution in [0.2, 0.25) is 0 Å². The molecule has 0 aliphatic carbocycles. The Hall–Kier alpha value is -2.27. The van der Waals surface area contributed by atoms with E-state index in [1.54, 1.807) is 0 Å². The maximum atomic E-state index is 12.7. The summed E-state index contributed by atoms with van der Waals surface area (Å²) in [7, 11) is -4.43. The number of fused-ring (bicyclic) bond motifs is 1. The van der Waals surface area contributed by atoms with Crippen LogP contribution in [0.3, 0.4) is 0 Å². The SMILES string of the molecule is COc1cc2nc(C)cc(OS(=O)(=O)C(F)(F)F)c2cc1O[C@H]1CCOC1. The molecule has 0 N–H and O–H groups in total. The van der Waals surface area contributed by atoms with E-state index >= 15 is 0 Å². The zero-order valence-electron chi connectivity index (χ0n) is 14.4. The van der Waals surface area contributed by atoms with Gasteiger partial charge >= 0.3 is 15.6 Å². The molecule has 1 aliphatic rings. The van der Waals surface area contributed by atoms with Crippen LogP contribution in [-0.4, -0.2) is 45.3 Å². The summed E-state index contributed by atoms with van der Waals surface area (Å²) in [6, 6.07) is 3.90. The molecule has 0 radical (unpaired) electrons. The number of hydrogen-bond acceptors (Lipinski definition) is 7. The van der Waals surface area contributed by atoms with Gasteiger partial charge in [-0.3, -0.25) is 4.98 Å². The molecule has 0 unspecified atom stereocenters. The molecule has 1 atom stereocenters. The first-order valence-corrected chi connectivity index (χ1v) is 9.26. The maximum Gasteiger partial charge on any atom is 0.534 e. The van der Waals surface area contributed by atoms with E-state index in [0.717, 1.165) is 6.07 Å². The number of aromatic nitrogens is 1. The Kier molecular flexibility index (Phi) is 5.08. The van der Waals surface area contributed by atoms with Gasteiger partial charge in [-0.05, 0) is 13.0 Å². The summed E-state index contributed by atoms with van der Waals surface area (Å²) in [6.45, 7) is 2.39. The van der Waals surface area contributed by atoms with Crippen LogP contribution in [0.15, 0.2) is 18.2 Å². The molecule has 2 aromatic rings. The first-order chi connectivity index (χ1) is 12.6. The second kappa shape index (κ2) is 7.04. The lowest BCUT2D eigenvalue weighted by Crippen LogP contribution is -2.28. The normalized spacial score (nSPS) is 17.9. The van der Waals surface area contributed by atoms with Crippen LogP contribution in [0.4, 0.5) is 13.2 Å². The van der Waals surface area contributed by atoms with E-state index in [4.69, 9.17) is 14.2 Å². The van der Waals surface area contributed by atoms with Crippen LogP contribution in [0, 0.1) is 6.92 Å². The van der Waals surface area contributed by atoms with Gasteiger partial charge in [-0.1, -0.05) is 0 Å². The van der Waals surface area contributed by atoms with Crippen molar-refractivity contribution < 1.29 is 40.0 Å². The minimum Gasteiger partial charge on any atom is -0.493 e. The van der Waals surface area contributed by atoms with Crippen molar-refractivity contribution in [3.63, 3.8) is 0 Å². The lowest BCUT2D eigenvalue weighted by Gasteiger charge is -2.17. The standard InChI is InChI=1S/C16H16F3NO6S/c1-9-5-13(26-27(21,22)16(17,18)19)11-6-15(25-10-3-4-24-8-10)14(23-2)7-12(11)20-9/h5-7,10H,3-4,8H2,1-2H3/t10-/m0/s1. The molecule has 7 nitrogen and oxygen atoms in total. The number of rotatable bonds is 5. The number of aryl methyl sites for hydroxylation is 1. The highest BCUT2D eigenvalue weighted by molar-refractivity contribution is 7.88. The minimum absolute atomic E-state index is 0.0446. The Morgan fingerprint density at radius 1 is 1.19 bits per heavy atom. The Morgan fingerprint density at radius 2 is 1.93 bits per heavy atom. The molecule has 0 bridgehead atoms. The summed E-state index contributed by atoms with van der Waals surface area (Å²) in [4.78, 5) is 4.19. The molecular formula is C16H16F3NO6S. The van der Waals surface area contributed by atoms with E-state index in [0.29, 0.717) is 25.4 Å². The molecule has 0 amide bonds. The van der Waals surface area contributed by atoms with Crippen LogP contribution in [0.25, 0.3) is 10.9 Å². The molecule has 1 saturated heterocycles. The molecule has 11 heteroatoms. The van der Waals surface area contributed by atoms with Crippen LogP contribution >= 0.6 is 0 Å². The number of ether oxygens (including phenoxy) is 3. The topological polar surface area (TPSA) is 84.0 Å². The van der Waals surface area contributed by atoms with Crippen molar-refractivity contribution in [3.8, 4) is 17.2 Å². The van der Waals surface area contributed by atoms with E-state index in [1.165, 1.54) is 26.2 Å². The number of hydrogen-bond donors (Lipinski definition) is 0. The smallest absolute Gasteiger partial charge is 0.493 e. The zero-order valence-corrected chi connectivity index (χ0v) is 15.2. The van der Waals surface area contributed by atoms with Crippen molar-refractivity contribution in [1.82, 2.24) is 4.98 Å². The lowest BCUT2D eigenvalue weighted by atomic mass is 10.1. The Morgan fingerprint density at radius 3 is 2.52 bits per heavy atom.